The van der Waals surface area contributed by atoms with Crippen LogP contribution in [0.15, 0.2) is 0 Å². The minimum Gasteiger partial charge on any atom is -0.480 e. The maximum Gasteiger partial charge on any atom is 0.326 e. The van der Waals surface area contributed by atoms with E-state index >= 15 is 0 Å². The summed E-state index contributed by atoms with van der Waals surface area (Å²) in [6, 6.07) is -0.451. The monoisotopic (exact) mass is 267 g/mol. The highest BCUT2D eigenvalue weighted by atomic mass is 32.2. The molecule has 18 heavy (non-hydrogen) atoms. The topological polar surface area (TPSA) is 68.0 Å². The first-order valence-electron chi connectivity index (χ1n) is 6.49. The van der Waals surface area contributed by atoms with Gasteiger partial charge in [0.1, 0.15) is 17.7 Å². The summed E-state index contributed by atoms with van der Waals surface area (Å²) in [4.78, 5) is 11.3. The van der Waals surface area contributed by atoms with Gasteiger partial charge in [-0.05, 0) is 36.7 Å². The Kier molecular flexibility index (Phi) is 3.28. The zero-order valence-electron chi connectivity index (χ0n) is 10.2. The van der Waals surface area contributed by atoms with Crippen LogP contribution >= 0.6 is 11.8 Å². The number of rotatable bonds is 3. The summed E-state index contributed by atoms with van der Waals surface area (Å²) in [6.45, 7) is 0. The van der Waals surface area contributed by atoms with Crippen molar-refractivity contribution in [3.63, 3.8) is 0 Å². The standard InChI is InChI=1S/C12H17N3O2S/c16-12(17)9-2-1-3-10-13-14-11(15(9)10)6-8-4-5-18-7-8/h8-9H,1-7H2,(H,16,17). The predicted octanol–water partition coefficient (Wildman–Crippen LogP) is 1.54. The molecule has 1 aromatic heterocycles. The van der Waals surface area contributed by atoms with Gasteiger partial charge in [-0.1, -0.05) is 0 Å². The molecule has 1 N–H and O–H groups in total. The molecule has 1 fully saturated rings. The minimum absolute atomic E-state index is 0.451. The zero-order valence-corrected chi connectivity index (χ0v) is 11.0. The van der Waals surface area contributed by atoms with E-state index < -0.39 is 12.0 Å². The van der Waals surface area contributed by atoms with Gasteiger partial charge >= 0.3 is 5.97 Å². The summed E-state index contributed by atoms with van der Waals surface area (Å²) >= 11 is 1.97. The van der Waals surface area contributed by atoms with Crippen LogP contribution in [-0.4, -0.2) is 37.3 Å². The van der Waals surface area contributed by atoms with Crippen LogP contribution in [0.1, 0.15) is 37.0 Å². The molecule has 2 unspecified atom stereocenters. The molecule has 1 aromatic rings. The summed E-state index contributed by atoms with van der Waals surface area (Å²) in [6.07, 6.45) is 4.55. The molecule has 2 atom stereocenters. The van der Waals surface area contributed by atoms with Crippen molar-refractivity contribution in [1.82, 2.24) is 14.8 Å². The highest BCUT2D eigenvalue weighted by Crippen LogP contribution is 2.30. The van der Waals surface area contributed by atoms with Crippen LogP contribution in [-0.2, 0) is 17.6 Å². The second-order valence-corrected chi connectivity index (χ2v) is 6.23. The van der Waals surface area contributed by atoms with Crippen LogP contribution < -0.4 is 0 Å². The molecule has 3 rings (SSSR count). The zero-order chi connectivity index (χ0) is 12.5. The Morgan fingerprint density at radius 2 is 2.33 bits per heavy atom. The van der Waals surface area contributed by atoms with Gasteiger partial charge in [0, 0.05) is 12.8 Å². The van der Waals surface area contributed by atoms with Crippen molar-refractivity contribution >= 4 is 17.7 Å². The number of hydrogen-bond donors (Lipinski definition) is 1. The molecule has 2 aliphatic rings. The SMILES string of the molecule is O=C(O)C1CCCc2nnc(CC3CCSC3)n21. The first-order chi connectivity index (χ1) is 8.75. The van der Waals surface area contributed by atoms with Crippen molar-refractivity contribution in [1.29, 1.82) is 0 Å². The highest BCUT2D eigenvalue weighted by molar-refractivity contribution is 7.99. The van der Waals surface area contributed by atoms with Gasteiger partial charge in [0.05, 0.1) is 0 Å². The Labute approximate surface area is 110 Å². The van der Waals surface area contributed by atoms with Crippen LogP contribution in [0.4, 0.5) is 0 Å². The number of carboxylic acids is 1. The van der Waals surface area contributed by atoms with Crippen molar-refractivity contribution in [2.75, 3.05) is 11.5 Å². The van der Waals surface area contributed by atoms with Crippen molar-refractivity contribution in [2.24, 2.45) is 5.92 Å². The fourth-order valence-electron chi connectivity index (χ4n) is 2.85. The summed E-state index contributed by atoms with van der Waals surface area (Å²) in [5.74, 6) is 4.00. The van der Waals surface area contributed by atoms with E-state index in [1.165, 1.54) is 17.9 Å². The summed E-state index contributed by atoms with van der Waals surface area (Å²) < 4.78 is 1.88. The average molecular weight is 267 g/mol. The van der Waals surface area contributed by atoms with Crippen molar-refractivity contribution < 1.29 is 9.90 Å². The lowest BCUT2D eigenvalue weighted by molar-refractivity contribution is -0.141. The van der Waals surface area contributed by atoms with Gasteiger partial charge in [0.15, 0.2) is 0 Å². The number of nitrogens with zero attached hydrogens (tertiary/aromatic N) is 3. The molecule has 0 aliphatic carbocycles. The smallest absolute Gasteiger partial charge is 0.326 e. The lowest BCUT2D eigenvalue weighted by Gasteiger charge is -2.23. The Bertz CT molecular complexity index is 454. The fraction of sp³-hybridized carbons (Fsp3) is 0.750. The molecule has 3 heterocycles. The van der Waals surface area contributed by atoms with Crippen LogP contribution in [0, 0.1) is 5.92 Å². The van der Waals surface area contributed by atoms with E-state index in [-0.39, 0.29) is 0 Å². The van der Waals surface area contributed by atoms with E-state index in [1.807, 2.05) is 16.3 Å². The van der Waals surface area contributed by atoms with Gasteiger partial charge in [0.25, 0.3) is 0 Å². The summed E-state index contributed by atoms with van der Waals surface area (Å²) in [5, 5.41) is 17.7. The third kappa shape index (κ3) is 2.13. The molecule has 6 heteroatoms. The number of carbonyl (C=O) groups is 1. The second-order valence-electron chi connectivity index (χ2n) is 5.08. The van der Waals surface area contributed by atoms with Gasteiger partial charge in [-0.2, -0.15) is 11.8 Å². The van der Waals surface area contributed by atoms with Gasteiger partial charge in [-0.3, -0.25) is 0 Å². The Morgan fingerprint density at radius 3 is 3.06 bits per heavy atom. The van der Waals surface area contributed by atoms with E-state index in [1.54, 1.807) is 0 Å². The van der Waals surface area contributed by atoms with Crippen LogP contribution in [0.25, 0.3) is 0 Å². The Balaban J connectivity index is 1.86. The van der Waals surface area contributed by atoms with E-state index in [2.05, 4.69) is 10.2 Å². The number of aliphatic carboxylic acids is 1. The van der Waals surface area contributed by atoms with E-state index in [0.29, 0.717) is 12.3 Å². The molecule has 1 saturated heterocycles. The molecule has 2 aliphatic heterocycles. The maximum atomic E-state index is 11.3. The second kappa shape index (κ2) is 4.91. The predicted molar refractivity (Wildman–Crippen MR) is 68.8 cm³/mol. The third-order valence-electron chi connectivity index (χ3n) is 3.81. The maximum absolute atomic E-state index is 11.3. The molecule has 98 valence electrons. The minimum atomic E-state index is -0.752. The molecular weight excluding hydrogens is 250 g/mol. The van der Waals surface area contributed by atoms with Crippen molar-refractivity contribution in [2.45, 2.75) is 38.1 Å². The highest BCUT2D eigenvalue weighted by Gasteiger charge is 2.30. The average Bonchev–Trinajstić information content (AvgIpc) is 2.99. The molecule has 0 amide bonds. The molecule has 5 nitrogen and oxygen atoms in total. The first kappa shape index (κ1) is 12.0. The van der Waals surface area contributed by atoms with Crippen molar-refractivity contribution in [3.8, 4) is 0 Å². The molecule has 0 bridgehead atoms. The number of aryl methyl sites for hydroxylation is 1. The number of hydrogen-bond acceptors (Lipinski definition) is 4. The third-order valence-corrected chi connectivity index (χ3v) is 5.04. The summed E-state index contributed by atoms with van der Waals surface area (Å²) in [7, 11) is 0. The van der Waals surface area contributed by atoms with Crippen LogP contribution in [0.3, 0.4) is 0 Å². The summed E-state index contributed by atoms with van der Waals surface area (Å²) in [5.41, 5.74) is 0. The molecule has 0 radical (unpaired) electrons. The van der Waals surface area contributed by atoms with Gasteiger partial charge < -0.3 is 9.67 Å². The lowest BCUT2D eigenvalue weighted by Crippen LogP contribution is -2.27. The molecule has 0 aromatic carbocycles. The number of thioether (sulfide) groups is 1. The molecule has 0 saturated carbocycles. The largest absolute Gasteiger partial charge is 0.480 e. The van der Waals surface area contributed by atoms with E-state index in [9.17, 15) is 9.90 Å². The van der Waals surface area contributed by atoms with E-state index in [4.69, 9.17) is 0 Å². The van der Waals surface area contributed by atoms with Crippen LogP contribution in [0.2, 0.25) is 0 Å². The molecule has 0 spiro atoms. The lowest BCUT2D eigenvalue weighted by atomic mass is 10.0. The first-order valence-corrected chi connectivity index (χ1v) is 7.64. The van der Waals surface area contributed by atoms with Gasteiger partial charge in [-0.15, -0.1) is 10.2 Å². The number of aromatic nitrogens is 3. The number of fused-ring (bicyclic) bond motifs is 1. The fourth-order valence-corrected chi connectivity index (χ4v) is 4.13. The van der Waals surface area contributed by atoms with Crippen molar-refractivity contribution in [3.05, 3.63) is 11.6 Å². The van der Waals surface area contributed by atoms with Gasteiger partial charge in [0.2, 0.25) is 0 Å². The Morgan fingerprint density at radius 1 is 1.44 bits per heavy atom. The normalized spacial score (nSPS) is 27.1. The number of carboxylic acid groups (broad SMARTS) is 1. The quantitative estimate of drug-likeness (QED) is 0.899. The van der Waals surface area contributed by atoms with Gasteiger partial charge in [-0.25, -0.2) is 4.79 Å². The Hall–Kier alpha value is -1.04. The van der Waals surface area contributed by atoms with Crippen LogP contribution in [0.5, 0.6) is 0 Å². The van der Waals surface area contributed by atoms with E-state index in [0.717, 1.165) is 30.9 Å². The molecular formula is C12H17N3O2S.